The molecule has 0 bridgehead atoms. The quantitative estimate of drug-likeness (QED) is 0.717. The number of nitrogens with zero attached hydrogens (tertiary/aromatic N) is 1. The highest BCUT2D eigenvalue weighted by molar-refractivity contribution is 5.15. The van der Waals surface area contributed by atoms with E-state index in [2.05, 4.69) is 13.0 Å². The predicted octanol–water partition coefficient (Wildman–Crippen LogP) is 1.86. The second kappa shape index (κ2) is 3.77. The molecular weight excluding hydrogens is 190 g/mol. The van der Waals surface area contributed by atoms with Crippen molar-refractivity contribution in [3.8, 4) is 6.07 Å². The van der Waals surface area contributed by atoms with Gasteiger partial charge in [0, 0.05) is 13.2 Å². The third-order valence-corrected chi connectivity index (χ3v) is 4.40. The lowest BCUT2D eigenvalue weighted by molar-refractivity contribution is -0.121. The minimum atomic E-state index is -0.772. The Kier molecular flexibility index (Phi) is 2.74. The van der Waals surface area contributed by atoms with Crippen LogP contribution < -0.4 is 0 Å². The van der Waals surface area contributed by atoms with Crippen LogP contribution in [0.1, 0.15) is 39.0 Å². The minimum Gasteiger partial charge on any atom is -0.388 e. The number of hydrogen-bond donors (Lipinski definition) is 1. The van der Waals surface area contributed by atoms with Crippen LogP contribution in [0.4, 0.5) is 0 Å². The van der Waals surface area contributed by atoms with Gasteiger partial charge >= 0.3 is 0 Å². The summed E-state index contributed by atoms with van der Waals surface area (Å²) in [5, 5.41) is 20.2. The fraction of sp³-hybridized carbons (Fsp3) is 0.917. The van der Waals surface area contributed by atoms with Crippen LogP contribution in [0.2, 0.25) is 0 Å². The Balaban J connectivity index is 2.28. The van der Waals surface area contributed by atoms with Gasteiger partial charge in [-0.15, -0.1) is 0 Å². The fourth-order valence-corrected chi connectivity index (χ4v) is 3.24. The van der Waals surface area contributed by atoms with Gasteiger partial charge in [-0.1, -0.05) is 13.3 Å². The van der Waals surface area contributed by atoms with Crippen LogP contribution in [0.15, 0.2) is 0 Å². The second-order valence-electron chi connectivity index (χ2n) is 5.02. The number of aliphatic hydroxyl groups is 1. The highest BCUT2D eigenvalue weighted by Crippen LogP contribution is 2.51. The van der Waals surface area contributed by atoms with E-state index < -0.39 is 11.0 Å². The molecule has 1 heterocycles. The molecule has 2 aliphatic rings. The first-order chi connectivity index (χ1) is 7.15. The topological polar surface area (TPSA) is 53.2 Å². The average molecular weight is 209 g/mol. The Hall–Kier alpha value is -0.590. The van der Waals surface area contributed by atoms with Crippen molar-refractivity contribution in [1.29, 1.82) is 5.26 Å². The highest BCUT2D eigenvalue weighted by Gasteiger charge is 2.56. The Morgan fingerprint density at radius 2 is 2.00 bits per heavy atom. The van der Waals surface area contributed by atoms with Gasteiger partial charge in [-0.2, -0.15) is 5.26 Å². The molecule has 15 heavy (non-hydrogen) atoms. The van der Waals surface area contributed by atoms with E-state index in [0.717, 1.165) is 19.3 Å². The standard InChI is InChI=1S/C12H19NO2/c1-10-3-2-4-12(10,14)11(9-13)5-7-15-8-6-11/h10,14H,2-8H2,1H3. The van der Waals surface area contributed by atoms with Crippen molar-refractivity contribution in [1.82, 2.24) is 0 Å². The third kappa shape index (κ3) is 1.47. The van der Waals surface area contributed by atoms with Gasteiger partial charge in [0.25, 0.3) is 0 Å². The molecule has 2 atom stereocenters. The number of hydrogen-bond acceptors (Lipinski definition) is 3. The molecule has 1 N–H and O–H groups in total. The molecule has 0 amide bonds. The Bertz CT molecular complexity index is 278. The number of ether oxygens (including phenoxy) is 1. The van der Waals surface area contributed by atoms with E-state index in [-0.39, 0.29) is 5.92 Å². The van der Waals surface area contributed by atoms with Crippen LogP contribution in [-0.4, -0.2) is 23.9 Å². The van der Waals surface area contributed by atoms with E-state index in [1.54, 1.807) is 0 Å². The molecule has 84 valence electrons. The van der Waals surface area contributed by atoms with Gasteiger partial charge in [0.15, 0.2) is 0 Å². The molecule has 1 aliphatic heterocycles. The van der Waals surface area contributed by atoms with Crippen molar-refractivity contribution in [2.24, 2.45) is 11.3 Å². The van der Waals surface area contributed by atoms with E-state index in [1.165, 1.54) is 0 Å². The normalized spacial score (nSPS) is 39.9. The van der Waals surface area contributed by atoms with Crippen LogP contribution in [-0.2, 0) is 4.74 Å². The molecule has 0 aromatic heterocycles. The Morgan fingerprint density at radius 3 is 2.47 bits per heavy atom. The van der Waals surface area contributed by atoms with E-state index in [4.69, 9.17) is 4.74 Å². The predicted molar refractivity (Wildman–Crippen MR) is 56.1 cm³/mol. The molecule has 0 aromatic carbocycles. The molecule has 1 aliphatic carbocycles. The number of rotatable bonds is 1. The molecule has 2 unspecified atom stereocenters. The maximum atomic E-state index is 10.8. The van der Waals surface area contributed by atoms with Crippen molar-refractivity contribution >= 4 is 0 Å². The van der Waals surface area contributed by atoms with Crippen LogP contribution >= 0.6 is 0 Å². The first kappa shape index (κ1) is 10.9. The van der Waals surface area contributed by atoms with E-state index in [0.29, 0.717) is 26.1 Å². The summed E-state index contributed by atoms with van der Waals surface area (Å²) in [5.41, 5.74) is -1.33. The lowest BCUT2D eigenvalue weighted by Crippen LogP contribution is -2.52. The Morgan fingerprint density at radius 1 is 1.33 bits per heavy atom. The van der Waals surface area contributed by atoms with Crippen LogP contribution in [0.3, 0.4) is 0 Å². The highest BCUT2D eigenvalue weighted by atomic mass is 16.5. The lowest BCUT2D eigenvalue weighted by atomic mass is 9.64. The van der Waals surface area contributed by atoms with Crippen molar-refractivity contribution in [2.45, 2.75) is 44.6 Å². The minimum absolute atomic E-state index is 0.246. The van der Waals surface area contributed by atoms with Crippen molar-refractivity contribution in [3.05, 3.63) is 0 Å². The van der Waals surface area contributed by atoms with Gasteiger partial charge in [0.05, 0.1) is 17.1 Å². The SMILES string of the molecule is CC1CCCC1(O)C1(C#N)CCOCC1. The summed E-state index contributed by atoms with van der Waals surface area (Å²) < 4.78 is 5.30. The zero-order valence-corrected chi connectivity index (χ0v) is 9.33. The molecule has 3 heteroatoms. The summed E-state index contributed by atoms with van der Waals surface area (Å²) in [6, 6.07) is 2.40. The maximum Gasteiger partial charge on any atom is 0.0906 e. The smallest absolute Gasteiger partial charge is 0.0906 e. The number of nitriles is 1. The van der Waals surface area contributed by atoms with Gasteiger partial charge in [0.2, 0.25) is 0 Å². The summed E-state index contributed by atoms with van der Waals surface area (Å²) in [7, 11) is 0. The van der Waals surface area contributed by atoms with Crippen molar-refractivity contribution < 1.29 is 9.84 Å². The summed E-state index contributed by atoms with van der Waals surface area (Å²) in [6.45, 7) is 3.30. The van der Waals surface area contributed by atoms with E-state index >= 15 is 0 Å². The first-order valence-electron chi connectivity index (χ1n) is 5.86. The van der Waals surface area contributed by atoms with Crippen LogP contribution in [0.25, 0.3) is 0 Å². The summed E-state index contributed by atoms with van der Waals surface area (Å²) in [6.07, 6.45) is 4.24. The molecule has 3 nitrogen and oxygen atoms in total. The maximum absolute atomic E-state index is 10.8. The van der Waals surface area contributed by atoms with Gasteiger partial charge in [-0.25, -0.2) is 0 Å². The zero-order valence-electron chi connectivity index (χ0n) is 9.33. The lowest BCUT2D eigenvalue weighted by Gasteiger charge is -2.45. The Labute approximate surface area is 91.0 Å². The molecule has 2 rings (SSSR count). The molecule has 0 spiro atoms. The molecule has 1 saturated carbocycles. The first-order valence-corrected chi connectivity index (χ1v) is 5.86. The van der Waals surface area contributed by atoms with Crippen LogP contribution in [0, 0.1) is 22.7 Å². The third-order valence-electron chi connectivity index (χ3n) is 4.40. The van der Waals surface area contributed by atoms with Gasteiger partial charge in [-0.05, 0) is 31.6 Å². The zero-order chi connectivity index (χ0) is 10.9. The van der Waals surface area contributed by atoms with Crippen molar-refractivity contribution in [2.75, 3.05) is 13.2 Å². The summed E-state index contributed by atoms with van der Waals surface area (Å²) >= 11 is 0. The average Bonchev–Trinajstić information content (AvgIpc) is 2.62. The molecule has 2 fully saturated rings. The summed E-state index contributed by atoms with van der Waals surface area (Å²) in [5.74, 6) is 0.246. The molecule has 0 radical (unpaired) electrons. The van der Waals surface area contributed by atoms with Crippen LogP contribution in [0.5, 0.6) is 0 Å². The summed E-state index contributed by atoms with van der Waals surface area (Å²) in [4.78, 5) is 0. The van der Waals surface area contributed by atoms with Gasteiger partial charge in [0.1, 0.15) is 0 Å². The second-order valence-corrected chi connectivity index (χ2v) is 5.02. The molecule has 1 saturated heterocycles. The fourth-order valence-electron chi connectivity index (χ4n) is 3.24. The van der Waals surface area contributed by atoms with Gasteiger partial charge in [-0.3, -0.25) is 0 Å². The van der Waals surface area contributed by atoms with Crippen molar-refractivity contribution in [3.63, 3.8) is 0 Å². The molecular formula is C12H19NO2. The van der Waals surface area contributed by atoms with E-state index in [9.17, 15) is 10.4 Å². The monoisotopic (exact) mass is 209 g/mol. The largest absolute Gasteiger partial charge is 0.388 e. The van der Waals surface area contributed by atoms with Gasteiger partial charge < -0.3 is 9.84 Å². The van der Waals surface area contributed by atoms with E-state index in [1.807, 2.05) is 0 Å². The molecule has 0 aromatic rings.